The average Bonchev–Trinajstić information content (AvgIpc) is 2.75. The van der Waals surface area contributed by atoms with E-state index >= 15 is 0 Å². The molecule has 1 fully saturated rings. The SMILES string of the molecule is CCN(C(=O)c1cc(S(=O)(=O)N2CCCCC2)ccc1OC)c1ccccc1. The quantitative estimate of drug-likeness (QED) is 0.741. The molecule has 1 aliphatic heterocycles. The van der Waals surface area contributed by atoms with Gasteiger partial charge >= 0.3 is 0 Å². The fourth-order valence-corrected chi connectivity index (χ4v) is 5.01. The van der Waals surface area contributed by atoms with E-state index in [0.717, 1.165) is 24.9 Å². The number of nitrogens with zero attached hydrogens (tertiary/aromatic N) is 2. The van der Waals surface area contributed by atoms with E-state index in [1.165, 1.54) is 23.5 Å². The highest BCUT2D eigenvalue weighted by Gasteiger charge is 2.28. The van der Waals surface area contributed by atoms with Crippen molar-refractivity contribution in [3.63, 3.8) is 0 Å². The molecule has 28 heavy (non-hydrogen) atoms. The highest BCUT2D eigenvalue weighted by atomic mass is 32.2. The summed E-state index contributed by atoms with van der Waals surface area (Å²) >= 11 is 0. The molecule has 3 rings (SSSR count). The van der Waals surface area contributed by atoms with Gasteiger partial charge in [0, 0.05) is 25.3 Å². The second-order valence-electron chi connectivity index (χ2n) is 6.71. The third kappa shape index (κ3) is 4.05. The highest BCUT2D eigenvalue weighted by Crippen LogP contribution is 2.28. The minimum absolute atomic E-state index is 0.127. The molecular formula is C21H26N2O4S. The number of ether oxygens (including phenoxy) is 1. The molecule has 0 atom stereocenters. The van der Waals surface area contributed by atoms with Gasteiger partial charge in [-0.3, -0.25) is 4.79 Å². The van der Waals surface area contributed by atoms with Crippen LogP contribution >= 0.6 is 0 Å². The lowest BCUT2D eigenvalue weighted by Gasteiger charge is -2.26. The van der Waals surface area contributed by atoms with Crippen LogP contribution in [0.3, 0.4) is 0 Å². The second kappa shape index (κ2) is 8.75. The third-order valence-corrected chi connectivity index (χ3v) is 6.88. The van der Waals surface area contributed by atoms with Gasteiger partial charge in [-0.1, -0.05) is 24.6 Å². The Bertz CT molecular complexity index is 923. The van der Waals surface area contributed by atoms with Crippen molar-refractivity contribution in [3.8, 4) is 5.75 Å². The Balaban J connectivity index is 2.00. The molecule has 150 valence electrons. The second-order valence-corrected chi connectivity index (χ2v) is 8.65. The van der Waals surface area contributed by atoms with E-state index in [0.29, 0.717) is 25.4 Å². The van der Waals surface area contributed by atoms with E-state index < -0.39 is 10.0 Å². The van der Waals surface area contributed by atoms with Crippen LogP contribution in [0.25, 0.3) is 0 Å². The van der Waals surface area contributed by atoms with Crippen molar-refractivity contribution in [2.45, 2.75) is 31.1 Å². The molecule has 6 nitrogen and oxygen atoms in total. The number of rotatable bonds is 6. The van der Waals surface area contributed by atoms with E-state index in [1.54, 1.807) is 11.0 Å². The number of hydrogen-bond acceptors (Lipinski definition) is 4. The first-order chi connectivity index (χ1) is 13.5. The molecule has 2 aromatic rings. The lowest BCUT2D eigenvalue weighted by molar-refractivity contribution is 0.0985. The van der Waals surface area contributed by atoms with Crippen molar-refractivity contribution in [2.75, 3.05) is 31.6 Å². The van der Waals surface area contributed by atoms with Crippen LogP contribution in [0.15, 0.2) is 53.4 Å². The maximum atomic E-state index is 13.2. The summed E-state index contributed by atoms with van der Waals surface area (Å²) in [4.78, 5) is 15.0. The fraction of sp³-hybridized carbons (Fsp3) is 0.381. The Hall–Kier alpha value is -2.38. The molecule has 0 aliphatic carbocycles. The Morgan fingerprint density at radius 1 is 1.07 bits per heavy atom. The van der Waals surface area contributed by atoms with E-state index in [4.69, 9.17) is 4.74 Å². The van der Waals surface area contributed by atoms with Gasteiger partial charge in [-0.2, -0.15) is 4.31 Å². The first kappa shape index (κ1) is 20.4. The molecule has 0 saturated carbocycles. The van der Waals surface area contributed by atoms with Gasteiger partial charge in [-0.25, -0.2) is 8.42 Å². The van der Waals surface area contributed by atoms with Crippen LogP contribution in [0.4, 0.5) is 5.69 Å². The molecule has 7 heteroatoms. The minimum atomic E-state index is -3.63. The van der Waals surface area contributed by atoms with Crippen molar-refractivity contribution >= 4 is 21.6 Å². The topological polar surface area (TPSA) is 66.9 Å². The summed E-state index contributed by atoms with van der Waals surface area (Å²) in [5.74, 6) is 0.0678. The number of benzene rings is 2. The van der Waals surface area contributed by atoms with Crippen LogP contribution in [0.5, 0.6) is 5.75 Å². The average molecular weight is 403 g/mol. The van der Waals surface area contributed by atoms with Crippen LogP contribution < -0.4 is 9.64 Å². The summed E-state index contributed by atoms with van der Waals surface area (Å²) in [5.41, 5.74) is 0.993. The minimum Gasteiger partial charge on any atom is -0.496 e. The Morgan fingerprint density at radius 3 is 2.36 bits per heavy atom. The molecule has 0 radical (unpaired) electrons. The number of hydrogen-bond donors (Lipinski definition) is 0. The number of amides is 1. The normalized spacial score (nSPS) is 15.2. The number of carbonyl (C=O) groups is 1. The molecule has 1 saturated heterocycles. The first-order valence-corrected chi connectivity index (χ1v) is 11.0. The van der Waals surface area contributed by atoms with Gasteiger partial charge in [-0.15, -0.1) is 0 Å². The predicted octanol–water partition coefficient (Wildman–Crippen LogP) is 3.54. The number of para-hydroxylation sites is 1. The van der Waals surface area contributed by atoms with Crippen LogP contribution in [0.2, 0.25) is 0 Å². The van der Waals surface area contributed by atoms with E-state index in [1.807, 2.05) is 37.3 Å². The van der Waals surface area contributed by atoms with Gasteiger partial charge < -0.3 is 9.64 Å². The summed E-state index contributed by atoms with van der Waals surface area (Å²) in [6.07, 6.45) is 2.76. The molecule has 1 heterocycles. The van der Waals surface area contributed by atoms with Gasteiger partial charge in [0.2, 0.25) is 10.0 Å². The monoisotopic (exact) mass is 402 g/mol. The zero-order valence-corrected chi connectivity index (χ0v) is 17.1. The molecular weight excluding hydrogens is 376 g/mol. The molecule has 0 unspecified atom stereocenters. The Labute approximate surface area is 166 Å². The summed E-state index contributed by atoms with van der Waals surface area (Å²) in [7, 11) is -2.16. The lowest BCUT2D eigenvalue weighted by Crippen LogP contribution is -2.36. The largest absolute Gasteiger partial charge is 0.496 e. The number of carbonyl (C=O) groups excluding carboxylic acids is 1. The van der Waals surface area contributed by atoms with E-state index in [9.17, 15) is 13.2 Å². The van der Waals surface area contributed by atoms with Gasteiger partial charge in [-0.05, 0) is 50.1 Å². The summed E-state index contributed by atoms with van der Waals surface area (Å²) in [5, 5.41) is 0. The van der Waals surface area contributed by atoms with Gasteiger partial charge in [0.1, 0.15) is 5.75 Å². The third-order valence-electron chi connectivity index (χ3n) is 4.98. The van der Waals surface area contributed by atoms with E-state index in [2.05, 4.69) is 0 Å². The van der Waals surface area contributed by atoms with Gasteiger partial charge in [0.25, 0.3) is 5.91 Å². The van der Waals surface area contributed by atoms with Crippen molar-refractivity contribution in [3.05, 3.63) is 54.1 Å². The maximum Gasteiger partial charge on any atom is 0.262 e. The number of methoxy groups -OCH3 is 1. The maximum absolute atomic E-state index is 13.2. The molecule has 0 spiro atoms. The number of piperidine rings is 1. The summed E-state index contributed by atoms with van der Waals surface area (Å²) in [6, 6.07) is 13.8. The van der Waals surface area contributed by atoms with Crippen molar-refractivity contribution in [1.29, 1.82) is 0 Å². The van der Waals surface area contributed by atoms with Gasteiger partial charge in [0.15, 0.2) is 0 Å². The highest BCUT2D eigenvalue weighted by molar-refractivity contribution is 7.89. The van der Waals surface area contributed by atoms with Crippen molar-refractivity contribution in [2.24, 2.45) is 0 Å². The van der Waals surface area contributed by atoms with Crippen LogP contribution in [0.1, 0.15) is 36.5 Å². The summed E-state index contributed by atoms with van der Waals surface area (Å²) < 4.78 is 32.9. The Kier molecular flexibility index (Phi) is 6.36. The number of anilines is 1. The molecule has 0 N–H and O–H groups in total. The molecule has 2 aromatic carbocycles. The van der Waals surface area contributed by atoms with Crippen molar-refractivity contribution < 1.29 is 17.9 Å². The van der Waals surface area contributed by atoms with Crippen LogP contribution in [0, 0.1) is 0 Å². The van der Waals surface area contributed by atoms with Crippen LogP contribution in [-0.2, 0) is 10.0 Å². The fourth-order valence-electron chi connectivity index (χ4n) is 3.47. The standard InChI is InChI=1S/C21H26N2O4S/c1-3-23(17-10-6-4-7-11-17)21(24)19-16-18(12-13-20(19)27-2)28(25,26)22-14-8-5-9-15-22/h4,6-7,10-13,16H,3,5,8-9,14-15H2,1-2H3. The van der Waals surface area contributed by atoms with Crippen molar-refractivity contribution in [1.82, 2.24) is 4.31 Å². The van der Waals surface area contributed by atoms with E-state index in [-0.39, 0.29) is 16.4 Å². The Morgan fingerprint density at radius 2 is 1.75 bits per heavy atom. The molecule has 0 aromatic heterocycles. The van der Waals surface area contributed by atoms with Crippen LogP contribution in [-0.4, -0.2) is 45.4 Å². The molecule has 1 aliphatic rings. The molecule has 1 amide bonds. The van der Waals surface area contributed by atoms with Gasteiger partial charge in [0.05, 0.1) is 17.6 Å². The first-order valence-electron chi connectivity index (χ1n) is 9.54. The zero-order chi connectivity index (χ0) is 20.1. The zero-order valence-electron chi connectivity index (χ0n) is 16.3. The number of sulfonamides is 1. The summed E-state index contributed by atoms with van der Waals surface area (Å²) in [6.45, 7) is 3.37. The lowest BCUT2D eigenvalue weighted by atomic mass is 10.1. The smallest absolute Gasteiger partial charge is 0.262 e. The predicted molar refractivity (Wildman–Crippen MR) is 109 cm³/mol. The molecule has 0 bridgehead atoms.